The van der Waals surface area contributed by atoms with Crippen LogP contribution < -0.4 is 5.32 Å². The Kier molecular flexibility index (Phi) is 4.76. The number of aliphatic carboxylic acids is 1. The first-order valence-corrected chi connectivity index (χ1v) is 5.77. The Labute approximate surface area is 102 Å². The van der Waals surface area contributed by atoms with Crippen molar-refractivity contribution in [1.82, 2.24) is 0 Å². The summed E-state index contributed by atoms with van der Waals surface area (Å²) in [6.45, 7) is 6.47. The Morgan fingerprint density at radius 3 is 2.35 bits per heavy atom. The van der Waals surface area contributed by atoms with Gasteiger partial charge in [0.1, 0.15) is 0 Å². The molecule has 0 bridgehead atoms. The first-order valence-electron chi connectivity index (χ1n) is 5.77. The molecule has 17 heavy (non-hydrogen) atoms. The minimum atomic E-state index is -0.838. The van der Waals surface area contributed by atoms with Crippen LogP contribution in [0.1, 0.15) is 24.5 Å². The van der Waals surface area contributed by atoms with Crippen LogP contribution in [0.25, 0.3) is 0 Å². The van der Waals surface area contributed by atoms with Crippen LogP contribution in [-0.4, -0.2) is 17.6 Å². The van der Waals surface area contributed by atoms with Crippen molar-refractivity contribution in [2.24, 2.45) is 0 Å². The number of nitrogens with one attached hydrogen (secondary N) is 1. The summed E-state index contributed by atoms with van der Waals surface area (Å²) in [7, 11) is 0. The lowest BCUT2D eigenvalue weighted by Crippen LogP contribution is -2.05. The highest BCUT2D eigenvalue weighted by atomic mass is 16.4. The molecule has 0 atom stereocenters. The number of hydrogen-bond donors (Lipinski definition) is 2. The molecular formula is C14H19NO2. The van der Waals surface area contributed by atoms with Crippen molar-refractivity contribution < 1.29 is 9.90 Å². The van der Waals surface area contributed by atoms with Crippen molar-refractivity contribution in [3.8, 4) is 0 Å². The van der Waals surface area contributed by atoms with E-state index < -0.39 is 5.97 Å². The summed E-state index contributed by atoms with van der Waals surface area (Å²) in [5.74, 6) is -0.838. The van der Waals surface area contributed by atoms with Gasteiger partial charge in [0.25, 0.3) is 0 Å². The van der Waals surface area contributed by atoms with Crippen LogP contribution in [0.2, 0.25) is 0 Å². The van der Waals surface area contributed by atoms with Crippen LogP contribution in [0.15, 0.2) is 29.8 Å². The highest BCUT2D eigenvalue weighted by Gasteiger charge is 2.02. The zero-order valence-corrected chi connectivity index (χ0v) is 10.6. The molecule has 0 saturated heterocycles. The van der Waals surface area contributed by atoms with E-state index in [9.17, 15) is 4.79 Å². The lowest BCUT2D eigenvalue weighted by molar-refractivity contribution is -0.132. The monoisotopic (exact) mass is 233 g/mol. The zero-order valence-electron chi connectivity index (χ0n) is 10.6. The Bertz CT molecular complexity index is 416. The fraction of sp³-hybridized carbons (Fsp3) is 0.357. The summed E-state index contributed by atoms with van der Waals surface area (Å²) in [5.41, 5.74) is 3.87. The van der Waals surface area contributed by atoms with Gasteiger partial charge in [0.05, 0.1) is 0 Å². The Hall–Kier alpha value is -1.77. The van der Waals surface area contributed by atoms with E-state index in [0.29, 0.717) is 18.5 Å². The molecule has 0 fully saturated rings. The molecule has 3 heteroatoms. The normalized spacial score (nSPS) is 11.4. The highest BCUT2D eigenvalue weighted by molar-refractivity contribution is 5.86. The van der Waals surface area contributed by atoms with Crippen LogP contribution in [0.5, 0.6) is 0 Å². The third-order valence-corrected chi connectivity index (χ3v) is 2.53. The van der Waals surface area contributed by atoms with E-state index in [1.165, 1.54) is 11.1 Å². The molecule has 0 aliphatic rings. The standard InChI is InChI=1S/C14H19NO2/c1-4-12(14(16)17)5-6-15-13-8-10(2)7-11(3)9-13/h5,7-9,15H,4,6H2,1-3H3,(H,16,17)/b12-5-. The van der Waals surface area contributed by atoms with Gasteiger partial charge in [0.2, 0.25) is 0 Å². The fourth-order valence-corrected chi connectivity index (χ4v) is 1.75. The number of hydrogen-bond acceptors (Lipinski definition) is 2. The SMILES string of the molecule is CC/C(=C/CNc1cc(C)cc(C)c1)C(=O)O. The topological polar surface area (TPSA) is 49.3 Å². The predicted molar refractivity (Wildman–Crippen MR) is 70.4 cm³/mol. The summed E-state index contributed by atoms with van der Waals surface area (Å²) in [4.78, 5) is 10.8. The Balaban J connectivity index is 2.64. The average molecular weight is 233 g/mol. The molecular weight excluding hydrogens is 214 g/mol. The molecule has 0 radical (unpaired) electrons. The minimum Gasteiger partial charge on any atom is -0.478 e. The lowest BCUT2D eigenvalue weighted by atomic mass is 10.1. The van der Waals surface area contributed by atoms with Crippen molar-refractivity contribution in [2.45, 2.75) is 27.2 Å². The number of rotatable bonds is 5. The van der Waals surface area contributed by atoms with Gasteiger partial charge in [-0.2, -0.15) is 0 Å². The minimum absolute atomic E-state index is 0.446. The average Bonchev–Trinajstić information content (AvgIpc) is 2.22. The fourth-order valence-electron chi connectivity index (χ4n) is 1.75. The van der Waals surface area contributed by atoms with E-state index in [4.69, 9.17) is 5.11 Å². The number of aryl methyl sites for hydroxylation is 2. The Morgan fingerprint density at radius 1 is 1.29 bits per heavy atom. The summed E-state index contributed by atoms with van der Waals surface area (Å²) in [5, 5.41) is 12.1. The number of carboxylic acids is 1. The maximum Gasteiger partial charge on any atom is 0.331 e. The molecule has 2 N–H and O–H groups in total. The largest absolute Gasteiger partial charge is 0.478 e. The van der Waals surface area contributed by atoms with Gasteiger partial charge in [-0.25, -0.2) is 4.79 Å². The maximum absolute atomic E-state index is 10.8. The van der Waals surface area contributed by atoms with Crippen LogP contribution in [0, 0.1) is 13.8 Å². The van der Waals surface area contributed by atoms with Crippen LogP contribution in [-0.2, 0) is 4.79 Å². The molecule has 0 saturated carbocycles. The van der Waals surface area contributed by atoms with Crippen molar-refractivity contribution in [3.05, 3.63) is 41.0 Å². The molecule has 92 valence electrons. The molecule has 0 aromatic heterocycles. The molecule has 1 rings (SSSR count). The first kappa shape index (κ1) is 13.3. The molecule has 0 aliphatic heterocycles. The third-order valence-electron chi connectivity index (χ3n) is 2.53. The van der Waals surface area contributed by atoms with Gasteiger partial charge in [-0.3, -0.25) is 0 Å². The van der Waals surface area contributed by atoms with Gasteiger partial charge in [0.15, 0.2) is 0 Å². The van der Waals surface area contributed by atoms with Gasteiger partial charge in [-0.15, -0.1) is 0 Å². The first-order chi connectivity index (χ1) is 8.02. The molecule has 0 unspecified atom stereocenters. The predicted octanol–water partition coefficient (Wildman–Crippen LogP) is 3.14. The van der Waals surface area contributed by atoms with E-state index in [2.05, 4.69) is 11.4 Å². The second-order valence-electron chi connectivity index (χ2n) is 4.15. The van der Waals surface area contributed by atoms with Crippen LogP contribution in [0.4, 0.5) is 5.69 Å². The van der Waals surface area contributed by atoms with E-state index in [0.717, 1.165) is 5.69 Å². The smallest absolute Gasteiger partial charge is 0.331 e. The number of carboxylic acid groups (broad SMARTS) is 1. The lowest BCUT2D eigenvalue weighted by Gasteiger charge is -2.07. The molecule has 1 aromatic rings. The van der Waals surface area contributed by atoms with Gasteiger partial charge in [-0.05, 0) is 43.5 Å². The van der Waals surface area contributed by atoms with Crippen LogP contribution in [0.3, 0.4) is 0 Å². The van der Waals surface area contributed by atoms with Crippen LogP contribution >= 0.6 is 0 Å². The van der Waals surface area contributed by atoms with Crippen molar-refractivity contribution in [2.75, 3.05) is 11.9 Å². The van der Waals surface area contributed by atoms with Crippen molar-refractivity contribution in [3.63, 3.8) is 0 Å². The molecule has 0 aliphatic carbocycles. The summed E-state index contributed by atoms with van der Waals surface area (Å²) < 4.78 is 0. The quantitative estimate of drug-likeness (QED) is 0.768. The second-order valence-corrected chi connectivity index (χ2v) is 4.15. The van der Waals surface area contributed by atoms with E-state index in [1.54, 1.807) is 6.08 Å². The number of anilines is 1. The molecule has 0 amide bonds. The summed E-state index contributed by atoms with van der Waals surface area (Å²) >= 11 is 0. The van der Waals surface area contributed by atoms with Gasteiger partial charge < -0.3 is 10.4 Å². The molecule has 1 aromatic carbocycles. The van der Waals surface area contributed by atoms with E-state index >= 15 is 0 Å². The number of carbonyl (C=O) groups is 1. The number of benzene rings is 1. The summed E-state index contributed by atoms with van der Waals surface area (Å²) in [6, 6.07) is 6.20. The van der Waals surface area contributed by atoms with Gasteiger partial charge in [-0.1, -0.05) is 19.1 Å². The summed E-state index contributed by atoms with van der Waals surface area (Å²) in [6.07, 6.45) is 2.27. The van der Waals surface area contributed by atoms with Gasteiger partial charge >= 0.3 is 5.97 Å². The van der Waals surface area contributed by atoms with Crippen molar-refractivity contribution >= 4 is 11.7 Å². The zero-order chi connectivity index (χ0) is 12.8. The van der Waals surface area contributed by atoms with Crippen molar-refractivity contribution in [1.29, 1.82) is 0 Å². The van der Waals surface area contributed by atoms with E-state index in [-0.39, 0.29) is 0 Å². The molecule has 0 spiro atoms. The highest BCUT2D eigenvalue weighted by Crippen LogP contribution is 2.13. The van der Waals surface area contributed by atoms with E-state index in [1.807, 2.05) is 32.9 Å². The second kappa shape index (κ2) is 6.09. The molecule has 0 heterocycles. The Morgan fingerprint density at radius 2 is 1.88 bits per heavy atom. The third kappa shape index (κ3) is 4.31. The van der Waals surface area contributed by atoms with Gasteiger partial charge in [0, 0.05) is 17.8 Å². The molecule has 3 nitrogen and oxygen atoms in total. The maximum atomic E-state index is 10.8.